The number of esters is 1. The van der Waals surface area contributed by atoms with Crippen molar-refractivity contribution in [3.63, 3.8) is 0 Å². The normalized spacial score (nSPS) is 10.9. The van der Waals surface area contributed by atoms with Crippen molar-refractivity contribution in [1.29, 1.82) is 0 Å². The van der Waals surface area contributed by atoms with Crippen molar-refractivity contribution in [2.45, 2.75) is 13.8 Å². The van der Waals surface area contributed by atoms with E-state index in [2.05, 4.69) is 10.1 Å². The zero-order valence-electron chi connectivity index (χ0n) is 12.2. The average Bonchev–Trinajstić information content (AvgIpc) is 2.93. The first-order valence-corrected chi connectivity index (χ1v) is 7.26. The molecule has 5 nitrogen and oxygen atoms in total. The van der Waals surface area contributed by atoms with Crippen molar-refractivity contribution < 1.29 is 9.53 Å². The van der Waals surface area contributed by atoms with Crippen LogP contribution in [0.15, 0.2) is 36.5 Å². The molecule has 0 radical (unpaired) electrons. The number of aromatic nitrogens is 3. The molecule has 0 amide bonds. The molecule has 0 aliphatic rings. The lowest BCUT2D eigenvalue weighted by molar-refractivity contribution is 0.0524. The van der Waals surface area contributed by atoms with Gasteiger partial charge in [-0.1, -0.05) is 23.7 Å². The van der Waals surface area contributed by atoms with E-state index in [1.165, 1.54) is 6.20 Å². The maximum atomic E-state index is 11.9. The number of rotatable bonds is 3. The molecule has 0 N–H and O–H groups in total. The van der Waals surface area contributed by atoms with E-state index in [1.807, 2.05) is 37.3 Å². The van der Waals surface area contributed by atoms with Crippen LogP contribution < -0.4 is 0 Å². The average molecular weight is 316 g/mol. The highest BCUT2D eigenvalue weighted by Crippen LogP contribution is 2.23. The van der Waals surface area contributed by atoms with Gasteiger partial charge in [0, 0.05) is 22.8 Å². The first-order chi connectivity index (χ1) is 10.6. The van der Waals surface area contributed by atoms with Gasteiger partial charge >= 0.3 is 5.97 Å². The van der Waals surface area contributed by atoms with Crippen LogP contribution in [0.4, 0.5) is 0 Å². The molecule has 0 aliphatic heterocycles. The number of aryl methyl sites for hydroxylation is 1. The number of halogens is 1. The van der Waals surface area contributed by atoms with Crippen LogP contribution in [-0.2, 0) is 4.74 Å². The Hall–Kier alpha value is -2.40. The first kappa shape index (κ1) is 14.5. The van der Waals surface area contributed by atoms with Crippen LogP contribution in [-0.4, -0.2) is 27.2 Å². The van der Waals surface area contributed by atoms with Crippen molar-refractivity contribution in [3.8, 4) is 11.3 Å². The van der Waals surface area contributed by atoms with Crippen molar-refractivity contribution in [2.24, 2.45) is 0 Å². The number of ether oxygens (including phenoxy) is 1. The van der Waals surface area contributed by atoms with Crippen LogP contribution in [0.3, 0.4) is 0 Å². The second-order valence-electron chi connectivity index (χ2n) is 4.79. The molecule has 0 aliphatic carbocycles. The van der Waals surface area contributed by atoms with Gasteiger partial charge in [0.05, 0.1) is 23.6 Å². The second kappa shape index (κ2) is 5.77. The molecule has 0 spiro atoms. The standard InChI is InChI=1S/C16H14ClN3O2/c1-3-22-16(21)13-9-18-15-8-14(19-20(15)10(13)2)11-5-4-6-12(17)7-11/h4-9H,3H2,1-2H3. The monoisotopic (exact) mass is 315 g/mol. The second-order valence-corrected chi connectivity index (χ2v) is 5.22. The summed E-state index contributed by atoms with van der Waals surface area (Å²) in [5, 5.41) is 5.16. The molecule has 1 aromatic carbocycles. The van der Waals surface area contributed by atoms with Gasteiger partial charge in [-0.3, -0.25) is 0 Å². The Kier molecular flexibility index (Phi) is 3.81. The van der Waals surface area contributed by atoms with Gasteiger partial charge in [0.15, 0.2) is 5.65 Å². The van der Waals surface area contributed by atoms with E-state index in [-0.39, 0.29) is 0 Å². The van der Waals surface area contributed by atoms with Crippen LogP contribution >= 0.6 is 11.6 Å². The molecular formula is C16H14ClN3O2. The van der Waals surface area contributed by atoms with Crippen molar-refractivity contribution in [2.75, 3.05) is 6.61 Å². The lowest BCUT2D eigenvalue weighted by atomic mass is 10.1. The number of benzene rings is 1. The summed E-state index contributed by atoms with van der Waals surface area (Å²) in [6.45, 7) is 3.91. The largest absolute Gasteiger partial charge is 0.462 e. The summed E-state index contributed by atoms with van der Waals surface area (Å²) in [7, 11) is 0. The first-order valence-electron chi connectivity index (χ1n) is 6.88. The van der Waals surface area contributed by atoms with Crippen molar-refractivity contribution in [3.05, 3.63) is 52.8 Å². The smallest absolute Gasteiger partial charge is 0.341 e. The van der Waals surface area contributed by atoms with Crippen LogP contribution in [0.2, 0.25) is 5.02 Å². The van der Waals surface area contributed by atoms with E-state index in [1.54, 1.807) is 11.4 Å². The highest BCUT2D eigenvalue weighted by Gasteiger charge is 2.15. The Morgan fingerprint density at radius 2 is 2.18 bits per heavy atom. The van der Waals surface area contributed by atoms with Crippen LogP contribution in [0, 0.1) is 6.92 Å². The summed E-state index contributed by atoms with van der Waals surface area (Å²) in [5.74, 6) is -0.394. The third-order valence-corrected chi connectivity index (χ3v) is 3.57. The number of nitrogens with zero attached hydrogens (tertiary/aromatic N) is 3. The van der Waals surface area contributed by atoms with Gasteiger partial charge < -0.3 is 4.74 Å². The minimum absolute atomic E-state index is 0.323. The fourth-order valence-electron chi connectivity index (χ4n) is 2.25. The van der Waals surface area contributed by atoms with Crippen molar-refractivity contribution in [1.82, 2.24) is 14.6 Å². The van der Waals surface area contributed by atoms with Gasteiger partial charge in [0.25, 0.3) is 0 Å². The molecule has 22 heavy (non-hydrogen) atoms. The molecular weight excluding hydrogens is 302 g/mol. The van der Waals surface area contributed by atoms with E-state index in [9.17, 15) is 4.79 Å². The molecule has 0 unspecified atom stereocenters. The fraction of sp³-hybridized carbons (Fsp3) is 0.188. The Balaban J connectivity index is 2.10. The lowest BCUT2D eigenvalue weighted by Gasteiger charge is -2.06. The zero-order valence-corrected chi connectivity index (χ0v) is 13.0. The van der Waals surface area contributed by atoms with Gasteiger partial charge in [0.2, 0.25) is 0 Å². The third kappa shape index (κ3) is 2.55. The van der Waals surface area contributed by atoms with Crippen LogP contribution in [0.5, 0.6) is 0 Å². The minimum Gasteiger partial charge on any atom is -0.462 e. The number of hydrogen-bond acceptors (Lipinski definition) is 4. The quantitative estimate of drug-likeness (QED) is 0.694. The molecule has 2 aromatic heterocycles. The molecule has 112 valence electrons. The van der Waals surface area contributed by atoms with E-state index in [0.29, 0.717) is 28.5 Å². The van der Waals surface area contributed by atoms with Gasteiger partial charge in [-0.2, -0.15) is 5.10 Å². The Morgan fingerprint density at radius 1 is 1.36 bits per heavy atom. The minimum atomic E-state index is -0.394. The summed E-state index contributed by atoms with van der Waals surface area (Å²) < 4.78 is 6.67. The van der Waals surface area contributed by atoms with E-state index < -0.39 is 5.97 Å². The lowest BCUT2D eigenvalue weighted by Crippen LogP contribution is -2.11. The topological polar surface area (TPSA) is 56.5 Å². The van der Waals surface area contributed by atoms with Gasteiger partial charge in [-0.25, -0.2) is 14.3 Å². The fourth-order valence-corrected chi connectivity index (χ4v) is 2.44. The van der Waals surface area contributed by atoms with Gasteiger partial charge in [0.1, 0.15) is 0 Å². The number of hydrogen-bond donors (Lipinski definition) is 0. The molecule has 0 atom stereocenters. The highest BCUT2D eigenvalue weighted by molar-refractivity contribution is 6.30. The Morgan fingerprint density at radius 3 is 2.91 bits per heavy atom. The number of fused-ring (bicyclic) bond motifs is 1. The zero-order chi connectivity index (χ0) is 15.7. The van der Waals surface area contributed by atoms with Crippen LogP contribution in [0.25, 0.3) is 16.9 Å². The maximum absolute atomic E-state index is 11.9. The third-order valence-electron chi connectivity index (χ3n) is 3.34. The predicted molar refractivity (Wildman–Crippen MR) is 84.1 cm³/mol. The summed E-state index contributed by atoms with van der Waals surface area (Å²) in [6, 6.07) is 9.29. The SMILES string of the molecule is CCOC(=O)c1cnc2cc(-c3cccc(Cl)c3)nn2c1C. The van der Waals surface area contributed by atoms with Gasteiger partial charge in [-0.05, 0) is 26.0 Å². The summed E-state index contributed by atoms with van der Waals surface area (Å²) in [4.78, 5) is 16.2. The summed E-state index contributed by atoms with van der Waals surface area (Å²) in [6.07, 6.45) is 1.52. The van der Waals surface area contributed by atoms with Crippen LogP contribution in [0.1, 0.15) is 23.0 Å². The molecule has 3 aromatic rings. The molecule has 0 bridgehead atoms. The molecule has 0 saturated carbocycles. The van der Waals surface area contributed by atoms with E-state index >= 15 is 0 Å². The predicted octanol–water partition coefficient (Wildman–Crippen LogP) is 3.53. The Labute approximate surface area is 132 Å². The molecule has 0 fully saturated rings. The van der Waals surface area contributed by atoms with E-state index in [0.717, 1.165) is 11.3 Å². The number of carbonyl (C=O) groups is 1. The van der Waals surface area contributed by atoms with E-state index in [4.69, 9.17) is 16.3 Å². The highest BCUT2D eigenvalue weighted by atomic mass is 35.5. The Bertz CT molecular complexity index is 858. The molecule has 0 saturated heterocycles. The van der Waals surface area contributed by atoms with Crippen molar-refractivity contribution >= 4 is 23.2 Å². The summed E-state index contributed by atoms with van der Waals surface area (Å²) >= 11 is 6.01. The molecule has 2 heterocycles. The molecule has 3 rings (SSSR count). The summed E-state index contributed by atoms with van der Waals surface area (Å²) in [5.41, 5.74) is 3.42. The maximum Gasteiger partial charge on any atom is 0.341 e. The number of carbonyl (C=O) groups excluding carboxylic acids is 1. The molecule has 6 heteroatoms. The van der Waals surface area contributed by atoms with Gasteiger partial charge in [-0.15, -0.1) is 0 Å².